The zero-order chi connectivity index (χ0) is 16.7. The van der Waals surface area contributed by atoms with Gasteiger partial charge in [0.05, 0.1) is 12.7 Å². The highest BCUT2D eigenvalue weighted by molar-refractivity contribution is 6.30. The molecule has 0 spiro atoms. The van der Waals surface area contributed by atoms with Crippen LogP contribution >= 0.6 is 11.6 Å². The summed E-state index contributed by atoms with van der Waals surface area (Å²) in [6.07, 6.45) is -1.24. The number of hydrogen-bond acceptors (Lipinski definition) is 3. The molecule has 0 aliphatic carbocycles. The minimum absolute atomic E-state index is 0.260. The predicted octanol–water partition coefficient (Wildman–Crippen LogP) is 3.90. The standard InChI is InChI=1S/C18H20ClNO3/c1-2-23-18(22)20-12-16(13-8-10-15(19)11-9-13)17(21)14-6-4-3-5-7-14/h3-11,16-17,21H,2,12H2,1H3,(H,20,22). The first-order valence-electron chi connectivity index (χ1n) is 7.51. The van der Waals surface area contributed by atoms with Crippen LogP contribution in [-0.4, -0.2) is 24.4 Å². The zero-order valence-electron chi connectivity index (χ0n) is 12.9. The van der Waals surface area contributed by atoms with Crippen molar-refractivity contribution in [2.45, 2.75) is 18.9 Å². The Bertz CT molecular complexity index is 616. The number of nitrogens with one attached hydrogen (secondary N) is 1. The molecular weight excluding hydrogens is 314 g/mol. The Kier molecular flexibility index (Phi) is 6.44. The number of aliphatic hydroxyl groups is 1. The molecule has 0 radical (unpaired) electrons. The molecule has 0 saturated heterocycles. The first-order valence-corrected chi connectivity index (χ1v) is 7.88. The maximum Gasteiger partial charge on any atom is 0.407 e. The van der Waals surface area contributed by atoms with Crippen molar-refractivity contribution in [1.29, 1.82) is 0 Å². The third kappa shape index (κ3) is 4.98. The van der Waals surface area contributed by atoms with E-state index in [-0.39, 0.29) is 12.5 Å². The minimum Gasteiger partial charge on any atom is -0.450 e. The summed E-state index contributed by atoms with van der Waals surface area (Å²) < 4.78 is 4.88. The van der Waals surface area contributed by atoms with E-state index in [0.29, 0.717) is 11.6 Å². The molecule has 4 nitrogen and oxygen atoms in total. The summed E-state index contributed by atoms with van der Waals surface area (Å²) in [7, 11) is 0. The number of amides is 1. The molecule has 5 heteroatoms. The number of alkyl carbamates (subject to hydrolysis) is 1. The van der Waals surface area contributed by atoms with Gasteiger partial charge in [0.1, 0.15) is 0 Å². The normalized spacial score (nSPS) is 13.2. The van der Waals surface area contributed by atoms with Gasteiger partial charge in [-0.1, -0.05) is 54.1 Å². The van der Waals surface area contributed by atoms with Crippen molar-refractivity contribution in [2.24, 2.45) is 0 Å². The molecule has 2 atom stereocenters. The molecule has 2 aromatic rings. The number of benzene rings is 2. The van der Waals surface area contributed by atoms with Gasteiger partial charge in [-0.2, -0.15) is 0 Å². The number of ether oxygens (including phenoxy) is 1. The van der Waals surface area contributed by atoms with Gasteiger partial charge in [-0.05, 0) is 30.2 Å². The summed E-state index contributed by atoms with van der Waals surface area (Å²) in [5.41, 5.74) is 1.68. The number of hydrogen-bond donors (Lipinski definition) is 2. The molecule has 0 fully saturated rings. The van der Waals surface area contributed by atoms with Gasteiger partial charge in [0.15, 0.2) is 0 Å². The highest BCUT2D eigenvalue weighted by Gasteiger charge is 2.23. The Balaban J connectivity index is 2.20. The fourth-order valence-electron chi connectivity index (χ4n) is 2.38. The van der Waals surface area contributed by atoms with Crippen molar-refractivity contribution in [3.05, 3.63) is 70.7 Å². The summed E-state index contributed by atoms with van der Waals surface area (Å²) >= 11 is 5.93. The number of carbonyl (C=O) groups is 1. The first-order chi connectivity index (χ1) is 11.1. The molecule has 1 amide bonds. The van der Waals surface area contributed by atoms with Crippen molar-refractivity contribution in [1.82, 2.24) is 5.32 Å². The molecule has 0 aromatic heterocycles. The lowest BCUT2D eigenvalue weighted by Gasteiger charge is -2.24. The van der Waals surface area contributed by atoms with Crippen LogP contribution in [0.25, 0.3) is 0 Å². The Morgan fingerprint density at radius 2 is 1.78 bits per heavy atom. The summed E-state index contributed by atoms with van der Waals surface area (Å²) in [4.78, 5) is 11.6. The molecular formula is C18H20ClNO3. The second kappa shape index (κ2) is 8.56. The molecule has 23 heavy (non-hydrogen) atoms. The van der Waals surface area contributed by atoms with Gasteiger partial charge in [0.25, 0.3) is 0 Å². The highest BCUT2D eigenvalue weighted by Crippen LogP contribution is 2.31. The highest BCUT2D eigenvalue weighted by atomic mass is 35.5. The SMILES string of the molecule is CCOC(=O)NCC(c1ccc(Cl)cc1)C(O)c1ccccc1. The minimum atomic E-state index is -0.751. The molecule has 0 heterocycles. The van der Waals surface area contributed by atoms with Gasteiger partial charge in [-0.25, -0.2) is 4.79 Å². The maximum absolute atomic E-state index is 11.6. The van der Waals surface area contributed by atoms with E-state index < -0.39 is 12.2 Å². The van der Waals surface area contributed by atoms with Gasteiger partial charge in [0.2, 0.25) is 0 Å². The molecule has 2 rings (SSSR count). The molecule has 2 unspecified atom stereocenters. The fourth-order valence-corrected chi connectivity index (χ4v) is 2.51. The number of aliphatic hydroxyl groups excluding tert-OH is 1. The van der Waals surface area contributed by atoms with Crippen LogP contribution in [0.15, 0.2) is 54.6 Å². The van der Waals surface area contributed by atoms with Gasteiger partial charge >= 0.3 is 6.09 Å². The van der Waals surface area contributed by atoms with Gasteiger partial charge in [-0.3, -0.25) is 0 Å². The second-order valence-corrected chi connectivity index (χ2v) is 5.55. The van der Waals surface area contributed by atoms with E-state index in [1.165, 1.54) is 0 Å². The smallest absolute Gasteiger partial charge is 0.407 e. The van der Waals surface area contributed by atoms with Gasteiger partial charge in [-0.15, -0.1) is 0 Å². The molecule has 2 aromatic carbocycles. The van der Waals surface area contributed by atoms with Crippen LogP contribution in [0.5, 0.6) is 0 Å². The number of carbonyl (C=O) groups excluding carboxylic acids is 1. The lowest BCUT2D eigenvalue weighted by molar-refractivity contribution is 0.131. The number of rotatable bonds is 6. The predicted molar refractivity (Wildman–Crippen MR) is 90.6 cm³/mol. The Hall–Kier alpha value is -2.04. The van der Waals surface area contributed by atoms with Crippen LogP contribution in [0.3, 0.4) is 0 Å². The topological polar surface area (TPSA) is 58.6 Å². The largest absolute Gasteiger partial charge is 0.450 e. The summed E-state index contributed by atoms with van der Waals surface area (Å²) in [5.74, 6) is -0.306. The van der Waals surface area contributed by atoms with Crippen LogP contribution < -0.4 is 5.32 Å². The van der Waals surface area contributed by atoms with E-state index in [2.05, 4.69) is 5.32 Å². The maximum atomic E-state index is 11.6. The third-order valence-corrected chi connectivity index (χ3v) is 3.81. The van der Waals surface area contributed by atoms with Crippen LogP contribution in [-0.2, 0) is 4.74 Å². The van der Waals surface area contributed by atoms with Crippen molar-refractivity contribution >= 4 is 17.7 Å². The van der Waals surface area contributed by atoms with Crippen molar-refractivity contribution in [3.8, 4) is 0 Å². The summed E-state index contributed by atoms with van der Waals surface area (Å²) in [6, 6.07) is 16.6. The second-order valence-electron chi connectivity index (χ2n) is 5.11. The van der Waals surface area contributed by atoms with Crippen LogP contribution in [0.2, 0.25) is 5.02 Å². The van der Waals surface area contributed by atoms with Crippen molar-refractivity contribution in [3.63, 3.8) is 0 Å². The average molecular weight is 334 g/mol. The van der Waals surface area contributed by atoms with Crippen LogP contribution in [0, 0.1) is 0 Å². The quantitative estimate of drug-likeness (QED) is 0.842. The molecule has 0 bridgehead atoms. The van der Waals surface area contributed by atoms with E-state index >= 15 is 0 Å². The van der Waals surface area contributed by atoms with Crippen molar-refractivity contribution in [2.75, 3.05) is 13.2 Å². The monoisotopic (exact) mass is 333 g/mol. The molecule has 0 saturated carbocycles. The zero-order valence-corrected chi connectivity index (χ0v) is 13.7. The Morgan fingerprint density at radius 3 is 2.39 bits per heavy atom. The van der Waals surface area contributed by atoms with Gasteiger partial charge in [0, 0.05) is 17.5 Å². The van der Waals surface area contributed by atoms with E-state index in [4.69, 9.17) is 16.3 Å². The first kappa shape index (κ1) is 17.3. The fraction of sp³-hybridized carbons (Fsp3) is 0.278. The van der Waals surface area contributed by atoms with Crippen molar-refractivity contribution < 1.29 is 14.6 Å². The van der Waals surface area contributed by atoms with Gasteiger partial charge < -0.3 is 15.2 Å². The molecule has 122 valence electrons. The van der Waals surface area contributed by atoms with Crippen LogP contribution in [0.1, 0.15) is 30.1 Å². The van der Waals surface area contributed by atoms with E-state index in [9.17, 15) is 9.90 Å². The molecule has 0 aliphatic rings. The summed E-state index contributed by atoms with van der Waals surface area (Å²) in [5, 5.41) is 14.0. The van der Waals surface area contributed by atoms with E-state index in [0.717, 1.165) is 11.1 Å². The van der Waals surface area contributed by atoms with Crippen LogP contribution in [0.4, 0.5) is 4.79 Å². The van der Waals surface area contributed by atoms with E-state index in [1.54, 1.807) is 19.1 Å². The number of halogens is 1. The van der Waals surface area contributed by atoms with E-state index in [1.807, 2.05) is 42.5 Å². The lowest BCUT2D eigenvalue weighted by atomic mass is 9.89. The lowest BCUT2D eigenvalue weighted by Crippen LogP contribution is -2.31. The average Bonchev–Trinajstić information content (AvgIpc) is 2.57. The Morgan fingerprint density at radius 1 is 1.13 bits per heavy atom. The molecule has 0 aliphatic heterocycles. The summed E-state index contributed by atoms with van der Waals surface area (Å²) in [6.45, 7) is 2.31. The third-order valence-electron chi connectivity index (χ3n) is 3.56. The Labute approximate surface area is 141 Å². The molecule has 2 N–H and O–H groups in total.